The number of fused-ring (bicyclic) bond motifs is 1. The number of aromatic nitrogens is 2. The molecule has 0 radical (unpaired) electrons. The number of aryl methyl sites for hydroxylation is 1. The molecule has 0 unspecified atom stereocenters. The Kier molecular flexibility index (Phi) is 6.39. The summed E-state index contributed by atoms with van der Waals surface area (Å²) in [6, 6.07) is 11.6. The van der Waals surface area contributed by atoms with Crippen molar-refractivity contribution >= 4 is 23.8 Å². The van der Waals surface area contributed by atoms with Gasteiger partial charge in [-0.05, 0) is 61.9 Å². The lowest BCUT2D eigenvalue weighted by atomic mass is 9.91. The Hall–Kier alpha value is -3.88. The van der Waals surface area contributed by atoms with Crippen molar-refractivity contribution in [3.05, 3.63) is 70.9 Å². The normalized spacial score (nSPS) is 14.7. The van der Waals surface area contributed by atoms with Crippen LogP contribution in [0.25, 0.3) is 11.4 Å². The average Bonchev–Trinajstić information content (AvgIpc) is 3.19. The van der Waals surface area contributed by atoms with Crippen molar-refractivity contribution in [2.45, 2.75) is 44.7 Å². The van der Waals surface area contributed by atoms with Crippen LogP contribution in [0.15, 0.2) is 42.5 Å². The molecule has 2 heterocycles. The van der Waals surface area contributed by atoms with Gasteiger partial charge in [0.2, 0.25) is 6.41 Å². The van der Waals surface area contributed by atoms with Gasteiger partial charge in [-0.3, -0.25) is 9.59 Å². The summed E-state index contributed by atoms with van der Waals surface area (Å²) in [5.41, 5.74) is 2.11. The lowest BCUT2D eigenvalue weighted by Gasteiger charge is -2.34. The molecule has 0 bridgehead atoms. The highest BCUT2D eigenvalue weighted by Gasteiger charge is 2.28. The van der Waals surface area contributed by atoms with E-state index in [-0.39, 0.29) is 35.2 Å². The van der Waals surface area contributed by atoms with E-state index < -0.39 is 11.6 Å². The van der Waals surface area contributed by atoms with Gasteiger partial charge in [-0.25, -0.2) is 18.7 Å². The largest absolute Gasteiger partial charge is 0.346 e. The Labute approximate surface area is 201 Å². The molecule has 1 aliphatic carbocycles. The smallest absolute Gasteiger partial charge is 0.257 e. The number of halogens is 2. The molecule has 180 valence electrons. The number of hydrogen-bond acceptors (Lipinski definition) is 5. The van der Waals surface area contributed by atoms with Crippen molar-refractivity contribution in [3.63, 3.8) is 0 Å². The van der Waals surface area contributed by atoms with Crippen LogP contribution in [0.5, 0.6) is 0 Å². The van der Waals surface area contributed by atoms with Crippen LogP contribution in [-0.2, 0) is 17.8 Å². The maximum absolute atomic E-state index is 14.4. The Morgan fingerprint density at radius 2 is 1.80 bits per heavy atom. The number of anilines is 2. The molecule has 2 N–H and O–H groups in total. The SMILES string of the molecule is O=CN(CCCc1ccc(Nc2nc(-c3c(F)cccc3F)nc3c2C(=O)NC3)cc1)C1CCC1. The third kappa shape index (κ3) is 4.71. The molecule has 5 rings (SSSR count). The van der Waals surface area contributed by atoms with E-state index in [0.29, 0.717) is 17.4 Å². The van der Waals surface area contributed by atoms with E-state index in [1.807, 2.05) is 29.2 Å². The fourth-order valence-electron chi connectivity index (χ4n) is 4.44. The lowest BCUT2D eigenvalue weighted by molar-refractivity contribution is -0.121. The maximum Gasteiger partial charge on any atom is 0.257 e. The molecule has 3 aromatic rings. The first-order chi connectivity index (χ1) is 17.0. The van der Waals surface area contributed by atoms with E-state index in [2.05, 4.69) is 20.6 Å². The molecule has 0 saturated heterocycles. The zero-order valence-electron chi connectivity index (χ0n) is 19.1. The van der Waals surface area contributed by atoms with E-state index in [9.17, 15) is 18.4 Å². The molecular formula is C26H25F2N5O2. The molecule has 2 aromatic carbocycles. The number of carbonyl (C=O) groups is 2. The molecule has 1 aliphatic heterocycles. The number of carbonyl (C=O) groups excluding carboxylic acids is 2. The van der Waals surface area contributed by atoms with Gasteiger partial charge in [0.15, 0.2) is 5.82 Å². The van der Waals surface area contributed by atoms with Crippen LogP contribution in [0.3, 0.4) is 0 Å². The van der Waals surface area contributed by atoms with Crippen molar-refractivity contribution in [1.82, 2.24) is 20.2 Å². The number of rotatable bonds is 9. The van der Waals surface area contributed by atoms with Crippen molar-refractivity contribution in [2.75, 3.05) is 11.9 Å². The predicted octanol–water partition coefficient (Wildman–Crippen LogP) is 4.35. The number of nitrogens with one attached hydrogen (secondary N) is 2. The minimum atomic E-state index is -0.775. The molecule has 0 atom stereocenters. The highest BCUT2D eigenvalue weighted by molar-refractivity contribution is 6.03. The Morgan fingerprint density at radius 3 is 2.46 bits per heavy atom. The van der Waals surface area contributed by atoms with Gasteiger partial charge in [-0.2, -0.15) is 0 Å². The van der Waals surface area contributed by atoms with Gasteiger partial charge in [0.25, 0.3) is 5.91 Å². The summed E-state index contributed by atoms with van der Waals surface area (Å²) in [5.74, 6) is -1.82. The summed E-state index contributed by atoms with van der Waals surface area (Å²) in [4.78, 5) is 34.1. The first kappa shape index (κ1) is 22.9. The van der Waals surface area contributed by atoms with Crippen LogP contribution in [0, 0.1) is 11.6 Å². The molecular weight excluding hydrogens is 452 g/mol. The van der Waals surface area contributed by atoms with Crippen molar-refractivity contribution in [3.8, 4) is 11.4 Å². The van der Waals surface area contributed by atoms with Gasteiger partial charge < -0.3 is 15.5 Å². The standard InChI is InChI=1S/C26H25F2N5O2/c27-19-7-2-8-20(28)22(19)24-31-21-14-29-26(35)23(21)25(32-24)30-17-11-9-16(10-12-17)4-3-13-33(15-34)18-5-1-6-18/h2,7-12,15,18H,1,3-6,13-14H2,(H,29,35)(H,30,31,32). The lowest BCUT2D eigenvalue weighted by Crippen LogP contribution is -2.39. The summed E-state index contributed by atoms with van der Waals surface area (Å²) >= 11 is 0. The third-order valence-electron chi connectivity index (χ3n) is 6.59. The van der Waals surface area contributed by atoms with Crippen LogP contribution in [-0.4, -0.2) is 39.8 Å². The molecule has 1 fully saturated rings. The first-order valence-corrected chi connectivity index (χ1v) is 11.7. The van der Waals surface area contributed by atoms with Gasteiger partial charge in [-0.15, -0.1) is 0 Å². The Balaban J connectivity index is 1.33. The average molecular weight is 478 g/mol. The second kappa shape index (κ2) is 9.77. The fourth-order valence-corrected chi connectivity index (χ4v) is 4.44. The minimum absolute atomic E-state index is 0.124. The highest BCUT2D eigenvalue weighted by atomic mass is 19.1. The number of nitrogens with zero attached hydrogens (tertiary/aromatic N) is 3. The van der Waals surface area contributed by atoms with Crippen LogP contribution in [0.1, 0.15) is 47.3 Å². The Morgan fingerprint density at radius 1 is 1.06 bits per heavy atom. The summed E-state index contributed by atoms with van der Waals surface area (Å²) in [7, 11) is 0. The van der Waals surface area contributed by atoms with E-state index in [0.717, 1.165) is 56.3 Å². The van der Waals surface area contributed by atoms with Gasteiger partial charge in [0.05, 0.1) is 17.8 Å². The van der Waals surface area contributed by atoms with E-state index >= 15 is 0 Å². The van der Waals surface area contributed by atoms with Gasteiger partial charge in [0, 0.05) is 18.3 Å². The molecule has 2 aliphatic rings. The summed E-state index contributed by atoms with van der Waals surface area (Å²) in [6.07, 6.45) is 6.04. The molecule has 1 aromatic heterocycles. The summed E-state index contributed by atoms with van der Waals surface area (Å²) in [5, 5.41) is 5.80. The monoisotopic (exact) mass is 477 g/mol. The van der Waals surface area contributed by atoms with Crippen LogP contribution >= 0.6 is 0 Å². The summed E-state index contributed by atoms with van der Waals surface area (Å²) < 4.78 is 28.7. The highest BCUT2D eigenvalue weighted by Crippen LogP contribution is 2.30. The van der Waals surface area contributed by atoms with Crippen molar-refractivity contribution < 1.29 is 18.4 Å². The van der Waals surface area contributed by atoms with Crippen molar-refractivity contribution in [2.24, 2.45) is 0 Å². The number of amides is 2. The maximum atomic E-state index is 14.4. The van der Waals surface area contributed by atoms with Gasteiger partial charge in [0.1, 0.15) is 23.0 Å². The van der Waals surface area contributed by atoms with E-state index in [1.54, 1.807) is 0 Å². The second-order valence-corrected chi connectivity index (χ2v) is 8.85. The fraction of sp³-hybridized carbons (Fsp3) is 0.308. The molecule has 35 heavy (non-hydrogen) atoms. The van der Waals surface area contributed by atoms with Crippen LogP contribution in [0.4, 0.5) is 20.3 Å². The summed E-state index contributed by atoms with van der Waals surface area (Å²) in [6.45, 7) is 0.901. The second-order valence-electron chi connectivity index (χ2n) is 8.85. The quantitative estimate of drug-likeness (QED) is 0.448. The molecule has 7 nitrogen and oxygen atoms in total. The molecule has 1 saturated carbocycles. The van der Waals surface area contributed by atoms with Crippen LogP contribution < -0.4 is 10.6 Å². The van der Waals surface area contributed by atoms with E-state index in [4.69, 9.17) is 0 Å². The Bertz CT molecular complexity index is 1240. The first-order valence-electron chi connectivity index (χ1n) is 11.7. The predicted molar refractivity (Wildman–Crippen MR) is 127 cm³/mol. The minimum Gasteiger partial charge on any atom is -0.346 e. The zero-order chi connectivity index (χ0) is 24.4. The topological polar surface area (TPSA) is 87.2 Å². The van der Waals surface area contributed by atoms with E-state index in [1.165, 1.54) is 12.5 Å². The third-order valence-corrected chi connectivity index (χ3v) is 6.59. The van der Waals surface area contributed by atoms with Gasteiger partial charge in [-0.1, -0.05) is 18.2 Å². The van der Waals surface area contributed by atoms with Crippen molar-refractivity contribution in [1.29, 1.82) is 0 Å². The van der Waals surface area contributed by atoms with Gasteiger partial charge >= 0.3 is 0 Å². The number of benzene rings is 2. The molecule has 0 spiro atoms. The zero-order valence-corrected chi connectivity index (χ0v) is 19.1. The molecule has 9 heteroatoms. The number of hydrogen-bond donors (Lipinski definition) is 2. The molecule has 2 amide bonds. The van der Waals surface area contributed by atoms with Crippen LogP contribution in [0.2, 0.25) is 0 Å².